The first kappa shape index (κ1) is 23.1. The monoisotopic (exact) mass is 536 g/mol. The van der Waals surface area contributed by atoms with Crippen molar-refractivity contribution in [3.63, 3.8) is 0 Å². The van der Waals surface area contributed by atoms with Gasteiger partial charge in [-0.1, -0.05) is 109 Å². The predicted molar refractivity (Wildman–Crippen MR) is 175 cm³/mol. The molecule has 0 spiro atoms. The van der Waals surface area contributed by atoms with Crippen molar-refractivity contribution in [2.45, 2.75) is 0 Å². The summed E-state index contributed by atoms with van der Waals surface area (Å²) in [6.45, 7) is 0. The maximum Gasteiger partial charge on any atom is 0.179 e. The minimum Gasteiger partial charge on any atom is -0.452 e. The van der Waals surface area contributed by atoms with Gasteiger partial charge >= 0.3 is 0 Å². The quantitative estimate of drug-likeness (QED) is 0.224. The smallest absolute Gasteiger partial charge is 0.179 e. The van der Waals surface area contributed by atoms with E-state index in [0.717, 1.165) is 66.1 Å². The van der Waals surface area contributed by atoms with Crippen molar-refractivity contribution in [2.24, 2.45) is 0 Å². The summed E-state index contributed by atoms with van der Waals surface area (Å²) in [4.78, 5) is 0. The molecule has 2 heteroatoms. The third-order valence-corrected chi connectivity index (χ3v) is 8.45. The van der Waals surface area contributed by atoms with Crippen LogP contribution in [-0.4, -0.2) is 0 Å². The van der Waals surface area contributed by atoms with E-state index in [1.807, 2.05) is 6.07 Å². The molecule has 9 rings (SSSR count). The Kier molecular flexibility index (Phi) is 4.93. The van der Waals surface area contributed by atoms with Crippen molar-refractivity contribution in [1.82, 2.24) is 0 Å². The topological polar surface area (TPSA) is 26.3 Å². The lowest BCUT2D eigenvalue weighted by molar-refractivity contribution is 0.633. The molecule has 0 unspecified atom stereocenters. The molecule has 0 saturated heterocycles. The molecule has 2 aromatic heterocycles. The Balaban J connectivity index is 1.39. The molecule has 0 radical (unpaired) electrons. The first-order valence-electron chi connectivity index (χ1n) is 14.3. The van der Waals surface area contributed by atoms with Crippen LogP contribution < -0.4 is 0 Å². The van der Waals surface area contributed by atoms with Crippen LogP contribution in [-0.2, 0) is 0 Å². The van der Waals surface area contributed by atoms with Gasteiger partial charge in [-0.2, -0.15) is 0 Å². The van der Waals surface area contributed by atoms with E-state index in [1.54, 1.807) is 0 Å². The van der Waals surface area contributed by atoms with Crippen molar-refractivity contribution in [2.75, 3.05) is 0 Å². The van der Waals surface area contributed by atoms with Crippen LogP contribution in [0.25, 0.3) is 88.0 Å². The van der Waals surface area contributed by atoms with Crippen LogP contribution in [0.4, 0.5) is 0 Å². The molecule has 2 heterocycles. The van der Waals surface area contributed by atoms with Gasteiger partial charge in [0.05, 0.1) is 0 Å². The summed E-state index contributed by atoms with van der Waals surface area (Å²) >= 11 is 0. The van der Waals surface area contributed by atoms with E-state index in [-0.39, 0.29) is 0 Å². The molecule has 0 bridgehead atoms. The molecular formula is C40H24O2. The Morgan fingerprint density at radius 2 is 0.905 bits per heavy atom. The van der Waals surface area contributed by atoms with Crippen LogP contribution in [0.2, 0.25) is 0 Å². The van der Waals surface area contributed by atoms with E-state index in [2.05, 4.69) is 140 Å². The van der Waals surface area contributed by atoms with Gasteiger partial charge in [-0.3, -0.25) is 0 Å². The second-order valence-corrected chi connectivity index (χ2v) is 10.9. The molecule has 2 nitrogen and oxygen atoms in total. The van der Waals surface area contributed by atoms with Gasteiger partial charge in [-0.05, 0) is 80.6 Å². The Labute approximate surface area is 242 Å². The number of furan rings is 2. The summed E-state index contributed by atoms with van der Waals surface area (Å²) in [5, 5.41) is 6.74. The first-order valence-corrected chi connectivity index (χ1v) is 14.3. The third kappa shape index (κ3) is 3.52. The SMILES string of the molecule is c1ccc(-c2ccc3oc4c(cc(-c5ccc6ccccc6c5)c5c6cc(-c7ccccc7)ccc6oc45)c3c2)cc1. The molecule has 0 saturated carbocycles. The number of hydrogen-bond donors (Lipinski definition) is 0. The minimum atomic E-state index is 0.784. The molecule has 0 N–H and O–H groups in total. The van der Waals surface area contributed by atoms with Crippen molar-refractivity contribution >= 4 is 54.6 Å². The zero-order valence-corrected chi connectivity index (χ0v) is 22.7. The molecule has 0 amide bonds. The fourth-order valence-electron chi connectivity index (χ4n) is 6.37. The molecule has 0 aliphatic rings. The summed E-state index contributed by atoms with van der Waals surface area (Å²) in [6.07, 6.45) is 0. The average Bonchev–Trinajstić information content (AvgIpc) is 3.63. The van der Waals surface area contributed by atoms with Gasteiger partial charge in [0.25, 0.3) is 0 Å². The van der Waals surface area contributed by atoms with E-state index in [1.165, 1.54) is 21.9 Å². The second-order valence-electron chi connectivity index (χ2n) is 10.9. The van der Waals surface area contributed by atoms with Gasteiger partial charge in [0.15, 0.2) is 11.2 Å². The van der Waals surface area contributed by atoms with Crippen molar-refractivity contribution < 1.29 is 8.83 Å². The Bertz CT molecular complexity index is 2440. The highest BCUT2D eigenvalue weighted by atomic mass is 16.4. The zero-order chi connectivity index (χ0) is 27.6. The van der Waals surface area contributed by atoms with Crippen LogP contribution in [0.3, 0.4) is 0 Å². The molecule has 42 heavy (non-hydrogen) atoms. The number of fused-ring (bicyclic) bond motifs is 8. The van der Waals surface area contributed by atoms with E-state index >= 15 is 0 Å². The van der Waals surface area contributed by atoms with Gasteiger partial charge in [0.2, 0.25) is 0 Å². The van der Waals surface area contributed by atoms with Gasteiger partial charge < -0.3 is 8.83 Å². The van der Waals surface area contributed by atoms with Gasteiger partial charge in [0, 0.05) is 21.5 Å². The highest BCUT2D eigenvalue weighted by Gasteiger charge is 2.21. The fraction of sp³-hybridized carbons (Fsp3) is 0. The summed E-state index contributed by atoms with van der Waals surface area (Å²) in [7, 11) is 0. The molecule has 0 aliphatic carbocycles. The summed E-state index contributed by atoms with van der Waals surface area (Å²) < 4.78 is 13.2. The van der Waals surface area contributed by atoms with Gasteiger partial charge in [0.1, 0.15) is 11.2 Å². The number of rotatable bonds is 3. The molecular weight excluding hydrogens is 512 g/mol. The average molecular weight is 537 g/mol. The van der Waals surface area contributed by atoms with Crippen LogP contribution in [0.5, 0.6) is 0 Å². The van der Waals surface area contributed by atoms with Crippen LogP contribution in [0.1, 0.15) is 0 Å². The number of benzene rings is 7. The van der Waals surface area contributed by atoms with Crippen LogP contribution in [0, 0.1) is 0 Å². The second kappa shape index (κ2) is 8.95. The molecule has 0 fully saturated rings. The lowest BCUT2D eigenvalue weighted by Crippen LogP contribution is -1.83. The van der Waals surface area contributed by atoms with Crippen molar-refractivity contribution in [3.8, 4) is 33.4 Å². The molecule has 7 aromatic carbocycles. The van der Waals surface area contributed by atoms with Crippen molar-refractivity contribution in [1.29, 1.82) is 0 Å². The lowest BCUT2D eigenvalue weighted by atomic mass is 9.94. The third-order valence-electron chi connectivity index (χ3n) is 8.45. The largest absolute Gasteiger partial charge is 0.452 e. The first-order chi connectivity index (χ1) is 20.8. The lowest BCUT2D eigenvalue weighted by Gasteiger charge is -2.08. The summed E-state index contributed by atoms with van der Waals surface area (Å²) in [5.41, 5.74) is 10.3. The molecule has 9 aromatic rings. The normalized spacial score (nSPS) is 11.8. The minimum absolute atomic E-state index is 0.784. The fourth-order valence-corrected chi connectivity index (χ4v) is 6.37. The standard InChI is InChI=1S/C40H24O2/c1-3-9-25(10-4-1)29-17-19-36-33(22-29)34-24-32(31-16-15-27-13-7-8-14-28(27)21-31)38-35-23-30(26-11-5-2-6-12-26)18-20-37(35)42-40(38)39(34)41-36/h1-24H. The number of hydrogen-bond acceptors (Lipinski definition) is 2. The molecule has 0 aliphatic heterocycles. The van der Waals surface area contributed by atoms with Gasteiger partial charge in [-0.15, -0.1) is 0 Å². The van der Waals surface area contributed by atoms with E-state index in [0.29, 0.717) is 0 Å². The summed E-state index contributed by atoms with van der Waals surface area (Å²) in [5.74, 6) is 0. The van der Waals surface area contributed by atoms with Crippen LogP contribution >= 0.6 is 0 Å². The van der Waals surface area contributed by atoms with Crippen molar-refractivity contribution in [3.05, 3.63) is 146 Å². The maximum absolute atomic E-state index is 6.66. The highest BCUT2D eigenvalue weighted by Crippen LogP contribution is 2.45. The summed E-state index contributed by atoms with van der Waals surface area (Å²) in [6, 6.07) is 51.4. The van der Waals surface area contributed by atoms with E-state index in [9.17, 15) is 0 Å². The zero-order valence-electron chi connectivity index (χ0n) is 22.7. The maximum atomic E-state index is 6.66. The predicted octanol–water partition coefficient (Wildman–Crippen LogP) is 11.6. The van der Waals surface area contributed by atoms with E-state index < -0.39 is 0 Å². The molecule has 0 atom stereocenters. The van der Waals surface area contributed by atoms with E-state index in [4.69, 9.17) is 8.83 Å². The highest BCUT2D eigenvalue weighted by molar-refractivity contribution is 6.24. The Morgan fingerprint density at radius 3 is 1.62 bits per heavy atom. The molecule has 196 valence electrons. The Morgan fingerprint density at radius 1 is 0.333 bits per heavy atom. The van der Waals surface area contributed by atoms with Gasteiger partial charge in [-0.25, -0.2) is 0 Å². The van der Waals surface area contributed by atoms with Crippen LogP contribution in [0.15, 0.2) is 154 Å². The Hall–Kier alpha value is -5.60.